The quantitative estimate of drug-likeness (QED) is 0.388. The van der Waals surface area contributed by atoms with Crippen molar-refractivity contribution in [1.82, 2.24) is 4.90 Å². The minimum Gasteiger partial charge on any atom is -0.393 e. The second-order valence-corrected chi connectivity index (χ2v) is 12.0. The molecule has 0 bridgehead atoms. The van der Waals surface area contributed by atoms with Gasteiger partial charge in [-0.2, -0.15) is 26.3 Å². The van der Waals surface area contributed by atoms with Gasteiger partial charge in [0.1, 0.15) is 6.10 Å². The van der Waals surface area contributed by atoms with Crippen molar-refractivity contribution in [3.8, 4) is 0 Å². The van der Waals surface area contributed by atoms with Gasteiger partial charge in [0.15, 0.2) is 0 Å². The molecule has 1 N–H and O–H groups in total. The van der Waals surface area contributed by atoms with Crippen molar-refractivity contribution in [2.24, 2.45) is 17.3 Å². The Kier molecular flexibility index (Phi) is 8.36. The zero-order valence-electron chi connectivity index (χ0n) is 22.9. The van der Waals surface area contributed by atoms with Gasteiger partial charge < -0.3 is 14.7 Å². The first-order valence-electron chi connectivity index (χ1n) is 13.4. The second kappa shape index (κ2) is 11.0. The predicted octanol–water partition coefficient (Wildman–Crippen LogP) is 7.15. The van der Waals surface area contributed by atoms with Crippen LogP contribution in [0.1, 0.15) is 73.5 Å². The summed E-state index contributed by atoms with van der Waals surface area (Å²) in [6.45, 7) is 7.79. The summed E-state index contributed by atoms with van der Waals surface area (Å²) in [7, 11) is 0. The van der Waals surface area contributed by atoms with Gasteiger partial charge in [-0.3, -0.25) is 4.79 Å². The summed E-state index contributed by atoms with van der Waals surface area (Å²) in [6, 6.07) is 8.95. The van der Waals surface area contributed by atoms with Gasteiger partial charge in [0, 0.05) is 24.4 Å². The topological polar surface area (TPSA) is 49.8 Å². The maximum Gasteiger partial charge on any atom is 0.416 e. The molecule has 1 saturated carbocycles. The van der Waals surface area contributed by atoms with Crippen molar-refractivity contribution in [3.63, 3.8) is 0 Å². The number of hydrogen-bond acceptors (Lipinski definition) is 3. The van der Waals surface area contributed by atoms with Gasteiger partial charge in [-0.25, -0.2) is 0 Å². The molecule has 2 fully saturated rings. The smallest absolute Gasteiger partial charge is 0.393 e. The van der Waals surface area contributed by atoms with E-state index in [4.69, 9.17) is 4.74 Å². The number of alkyl halides is 6. The van der Waals surface area contributed by atoms with Gasteiger partial charge in [-0.1, -0.05) is 45.0 Å². The molecule has 10 heteroatoms. The number of likely N-dealkylation sites (tertiary alicyclic amines) is 1. The Morgan fingerprint density at radius 1 is 0.975 bits per heavy atom. The largest absolute Gasteiger partial charge is 0.416 e. The molecule has 1 amide bonds. The lowest BCUT2D eigenvalue weighted by Crippen LogP contribution is -2.40. The van der Waals surface area contributed by atoms with Crippen LogP contribution in [0.3, 0.4) is 0 Å². The molecule has 0 aromatic heterocycles. The van der Waals surface area contributed by atoms with Crippen LogP contribution in [0.2, 0.25) is 0 Å². The summed E-state index contributed by atoms with van der Waals surface area (Å²) < 4.78 is 87.4. The summed E-state index contributed by atoms with van der Waals surface area (Å²) >= 11 is 0. The summed E-state index contributed by atoms with van der Waals surface area (Å²) in [5, 5.41) is 10.2. The molecule has 2 aromatic rings. The van der Waals surface area contributed by atoms with Crippen LogP contribution < -0.4 is 0 Å². The Morgan fingerprint density at radius 3 is 2.10 bits per heavy atom. The lowest BCUT2D eigenvalue weighted by atomic mass is 9.68. The number of hydrogen-bond donors (Lipinski definition) is 1. The molecule has 2 aromatic carbocycles. The third-order valence-corrected chi connectivity index (χ3v) is 8.14. The first-order chi connectivity index (χ1) is 18.5. The van der Waals surface area contributed by atoms with Crippen LogP contribution in [-0.4, -0.2) is 41.7 Å². The molecule has 0 radical (unpaired) electrons. The number of halogens is 6. The Hall–Kier alpha value is -2.59. The van der Waals surface area contributed by atoms with E-state index in [0.29, 0.717) is 38.1 Å². The number of aliphatic hydroxyl groups is 1. The van der Waals surface area contributed by atoms with Gasteiger partial charge >= 0.3 is 12.4 Å². The molecule has 220 valence electrons. The van der Waals surface area contributed by atoms with Crippen LogP contribution >= 0.6 is 0 Å². The average Bonchev–Trinajstić information content (AvgIpc) is 3.29. The van der Waals surface area contributed by atoms with Crippen LogP contribution in [0.25, 0.3) is 0 Å². The van der Waals surface area contributed by atoms with Gasteiger partial charge in [-0.05, 0) is 66.5 Å². The zero-order chi connectivity index (χ0) is 29.6. The molecule has 4 nitrogen and oxygen atoms in total. The third-order valence-electron chi connectivity index (χ3n) is 8.14. The molecule has 1 saturated heterocycles. The van der Waals surface area contributed by atoms with E-state index >= 15 is 0 Å². The van der Waals surface area contributed by atoms with E-state index < -0.39 is 47.7 Å². The van der Waals surface area contributed by atoms with Crippen molar-refractivity contribution in [1.29, 1.82) is 0 Å². The second-order valence-electron chi connectivity index (χ2n) is 12.0. The van der Waals surface area contributed by atoms with Crippen molar-refractivity contribution >= 4 is 5.91 Å². The number of carbonyl (C=O) groups is 1. The normalized spacial score (nSPS) is 24.6. The fourth-order valence-electron chi connectivity index (χ4n) is 6.23. The monoisotopic (exact) mass is 571 g/mol. The number of rotatable bonds is 5. The number of amides is 1. The van der Waals surface area contributed by atoms with Gasteiger partial charge in [0.05, 0.1) is 23.8 Å². The highest BCUT2D eigenvalue weighted by Crippen LogP contribution is 2.49. The molecule has 1 heterocycles. The predicted molar refractivity (Wildman–Crippen MR) is 137 cm³/mol. The molecule has 1 aliphatic heterocycles. The van der Waals surface area contributed by atoms with Crippen LogP contribution in [0.4, 0.5) is 26.3 Å². The third kappa shape index (κ3) is 6.33. The first-order valence-corrected chi connectivity index (χ1v) is 13.4. The van der Waals surface area contributed by atoms with Crippen LogP contribution in [0.15, 0.2) is 42.5 Å². The lowest BCUT2D eigenvalue weighted by molar-refractivity contribution is -0.143. The molecular weight excluding hydrogens is 536 g/mol. The summed E-state index contributed by atoms with van der Waals surface area (Å²) in [6.07, 6.45) is -10.8. The zero-order valence-corrected chi connectivity index (χ0v) is 22.9. The Morgan fingerprint density at radius 2 is 1.57 bits per heavy atom. The average molecular weight is 572 g/mol. The number of benzene rings is 2. The molecule has 0 spiro atoms. The van der Waals surface area contributed by atoms with Crippen molar-refractivity contribution in [3.05, 3.63) is 70.3 Å². The van der Waals surface area contributed by atoms with Gasteiger partial charge in [0.25, 0.3) is 0 Å². The van der Waals surface area contributed by atoms with E-state index in [2.05, 4.69) is 0 Å². The van der Waals surface area contributed by atoms with Crippen molar-refractivity contribution in [2.45, 2.75) is 71.0 Å². The van der Waals surface area contributed by atoms with Crippen molar-refractivity contribution < 1.29 is 41.0 Å². The Bertz CT molecular complexity index is 1190. The maximum absolute atomic E-state index is 13.5. The van der Waals surface area contributed by atoms with Gasteiger partial charge in [0.2, 0.25) is 5.91 Å². The molecule has 40 heavy (non-hydrogen) atoms. The SMILES string of the molecule is Cc1ccccc1[C@H]1[C@@H]2CN(C(=O)C(C)(C)C)C[C@H]2CC[C@@H]1O[C@@H](CO)c1cc(C(F)(F)F)cc(C(F)(F)F)c1. The van der Waals surface area contributed by atoms with Crippen LogP contribution in [-0.2, 0) is 21.9 Å². The highest BCUT2D eigenvalue weighted by atomic mass is 19.4. The number of nitrogens with zero attached hydrogens (tertiary/aromatic N) is 1. The summed E-state index contributed by atoms with van der Waals surface area (Å²) in [5.41, 5.74) is -1.92. The van der Waals surface area contributed by atoms with Crippen molar-refractivity contribution in [2.75, 3.05) is 19.7 Å². The van der Waals surface area contributed by atoms with E-state index in [1.54, 1.807) is 0 Å². The fourth-order valence-corrected chi connectivity index (χ4v) is 6.23. The minimum atomic E-state index is -5.01. The first kappa shape index (κ1) is 30.4. The number of fused-ring (bicyclic) bond motifs is 1. The molecule has 5 atom stereocenters. The highest BCUT2D eigenvalue weighted by molar-refractivity contribution is 5.81. The standard InChI is InChI=1S/C30H35F6NO3/c1-17-7-5-6-8-22(17)26-23-15-37(27(39)28(2,3)4)14-18(23)9-10-24(26)40-25(16-38)19-11-20(29(31,32)33)13-21(12-19)30(34,35)36/h5-8,11-13,18,23-26,38H,9-10,14-16H2,1-4H3/t18-,23-,24+,25+,26+/m1/s1. The van der Waals surface area contributed by atoms with E-state index in [9.17, 15) is 36.2 Å². The maximum atomic E-state index is 13.5. The molecule has 4 rings (SSSR count). The molecule has 0 unspecified atom stereocenters. The molecular formula is C30H35F6NO3. The van der Waals surface area contributed by atoms with Gasteiger partial charge in [-0.15, -0.1) is 0 Å². The van der Waals surface area contributed by atoms with E-state index in [1.165, 1.54) is 0 Å². The molecule has 1 aliphatic carbocycles. The van der Waals surface area contributed by atoms with E-state index in [1.807, 2.05) is 56.9 Å². The van der Waals surface area contributed by atoms with E-state index in [0.717, 1.165) is 11.1 Å². The summed E-state index contributed by atoms with van der Waals surface area (Å²) in [5.74, 6) is -0.0779. The lowest BCUT2D eigenvalue weighted by Gasteiger charge is -2.41. The Balaban J connectivity index is 1.71. The number of carbonyl (C=O) groups excluding carboxylic acids is 1. The molecule has 2 aliphatic rings. The highest BCUT2D eigenvalue weighted by Gasteiger charge is 2.49. The minimum absolute atomic E-state index is 0.0160. The number of aliphatic hydroxyl groups excluding tert-OH is 1. The van der Waals surface area contributed by atoms with E-state index in [-0.39, 0.29) is 35.3 Å². The fraction of sp³-hybridized carbons (Fsp3) is 0.567. The van der Waals surface area contributed by atoms with Crippen LogP contribution in [0, 0.1) is 24.2 Å². The summed E-state index contributed by atoms with van der Waals surface area (Å²) in [4.78, 5) is 15.0. The number of ether oxygens (including phenoxy) is 1. The van der Waals surface area contributed by atoms with Crippen LogP contribution in [0.5, 0.6) is 0 Å². The number of aryl methyl sites for hydroxylation is 1. The Labute approximate surface area is 230 Å².